The Hall–Kier alpha value is -3.19. The van der Waals surface area contributed by atoms with E-state index < -0.39 is 4.92 Å². The van der Waals surface area contributed by atoms with Crippen LogP contribution in [0.3, 0.4) is 0 Å². The second-order valence-corrected chi connectivity index (χ2v) is 6.90. The van der Waals surface area contributed by atoms with Crippen LogP contribution in [0.4, 0.5) is 11.4 Å². The standard InChI is InChI=1S/C21H17BrN2O4/c22-17-9-11-20(12-10-17)28-15-21(25)23(14-16-5-2-1-3-6-16)18-7-4-8-19(13-18)24(26)27/h1-13H,14-15H2. The zero-order valence-corrected chi connectivity index (χ0v) is 16.4. The summed E-state index contributed by atoms with van der Waals surface area (Å²) in [6.07, 6.45) is 0. The Labute approximate surface area is 170 Å². The summed E-state index contributed by atoms with van der Waals surface area (Å²) in [6.45, 7) is 0.0989. The number of ether oxygens (including phenoxy) is 1. The van der Waals surface area contributed by atoms with Crippen LogP contribution in [0, 0.1) is 10.1 Å². The molecule has 0 atom stereocenters. The number of benzene rings is 3. The maximum absolute atomic E-state index is 12.9. The van der Waals surface area contributed by atoms with Gasteiger partial charge in [0.15, 0.2) is 6.61 Å². The normalized spacial score (nSPS) is 10.3. The number of halogens is 1. The minimum Gasteiger partial charge on any atom is -0.484 e. The minimum absolute atomic E-state index is 0.0720. The lowest BCUT2D eigenvalue weighted by Gasteiger charge is -2.23. The lowest BCUT2D eigenvalue weighted by molar-refractivity contribution is -0.384. The van der Waals surface area contributed by atoms with Gasteiger partial charge < -0.3 is 9.64 Å². The van der Waals surface area contributed by atoms with Crippen LogP contribution in [0.5, 0.6) is 5.75 Å². The number of amides is 1. The molecule has 0 unspecified atom stereocenters. The van der Waals surface area contributed by atoms with Crippen molar-refractivity contribution in [1.82, 2.24) is 0 Å². The molecule has 3 aromatic rings. The molecule has 1 amide bonds. The van der Waals surface area contributed by atoms with E-state index in [-0.39, 0.29) is 24.7 Å². The van der Waals surface area contributed by atoms with Gasteiger partial charge in [0.05, 0.1) is 17.2 Å². The van der Waals surface area contributed by atoms with Gasteiger partial charge >= 0.3 is 0 Å². The van der Waals surface area contributed by atoms with Gasteiger partial charge in [-0.15, -0.1) is 0 Å². The second kappa shape index (κ2) is 9.14. The molecular weight excluding hydrogens is 424 g/mol. The van der Waals surface area contributed by atoms with Crippen molar-refractivity contribution >= 4 is 33.2 Å². The van der Waals surface area contributed by atoms with Crippen molar-refractivity contribution in [2.24, 2.45) is 0 Å². The highest BCUT2D eigenvalue weighted by Gasteiger charge is 2.19. The zero-order valence-electron chi connectivity index (χ0n) is 14.8. The van der Waals surface area contributed by atoms with Gasteiger partial charge in [-0.3, -0.25) is 14.9 Å². The molecule has 0 aliphatic heterocycles. The summed E-state index contributed by atoms with van der Waals surface area (Å²) < 4.78 is 6.51. The lowest BCUT2D eigenvalue weighted by atomic mass is 10.2. The first-order chi connectivity index (χ1) is 13.5. The smallest absolute Gasteiger partial charge is 0.271 e. The van der Waals surface area contributed by atoms with Gasteiger partial charge in [0.1, 0.15) is 5.75 Å². The number of anilines is 1. The van der Waals surface area contributed by atoms with Crippen LogP contribution in [0.25, 0.3) is 0 Å². The van der Waals surface area contributed by atoms with E-state index in [0.29, 0.717) is 11.4 Å². The van der Waals surface area contributed by atoms with Crippen molar-refractivity contribution < 1.29 is 14.5 Å². The average Bonchev–Trinajstić information content (AvgIpc) is 2.72. The summed E-state index contributed by atoms with van der Waals surface area (Å²) in [5.74, 6) is 0.266. The molecule has 3 rings (SSSR count). The van der Waals surface area contributed by atoms with Gasteiger partial charge in [0.2, 0.25) is 0 Å². The van der Waals surface area contributed by atoms with Gasteiger partial charge in [-0.05, 0) is 35.9 Å². The summed E-state index contributed by atoms with van der Waals surface area (Å²) in [4.78, 5) is 25.0. The molecule has 142 valence electrons. The fourth-order valence-electron chi connectivity index (χ4n) is 2.62. The van der Waals surface area contributed by atoms with Crippen molar-refractivity contribution in [1.29, 1.82) is 0 Å². The number of nitrogens with zero attached hydrogens (tertiary/aromatic N) is 2. The van der Waals surface area contributed by atoms with Crippen molar-refractivity contribution in [3.8, 4) is 5.75 Å². The number of non-ortho nitro benzene ring substituents is 1. The topological polar surface area (TPSA) is 72.7 Å². The van der Waals surface area contributed by atoms with Crippen LogP contribution in [0.15, 0.2) is 83.3 Å². The Morgan fingerprint density at radius 3 is 2.39 bits per heavy atom. The van der Waals surface area contributed by atoms with E-state index in [1.165, 1.54) is 17.0 Å². The highest BCUT2D eigenvalue weighted by molar-refractivity contribution is 9.10. The first-order valence-corrected chi connectivity index (χ1v) is 9.29. The first kappa shape index (κ1) is 19.6. The molecule has 0 heterocycles. The molecule has 0 radical (unpaired) electrons. The Kier molecular flexibility index (Phi) is 6.39. The van der Waals surface area contributed by atoms with Crippen molar-refractivity contribution in [2.45, 2.75) is 6.54 Å². The Bertz CT molecular complexity index is 962. The van der Waals surface area contributed by atoms with E-state index >= 15 is 0 Å². The summed E-state index contributed by atoms with van der Waals surface area (Å²) in [6, 6.07) is 22.6. The van der Waals surface area contributed by atoms with E-state index in [0.717, 1.165) is 10.0 Å². The van der Waals surface area contributed by atoms with Gasteiger partial charge in [-0.2, -0.15) is 0 Å². The second-order valence-electron chi connectivity index (χ2n) is 5.99. The fraction of sp³-hybridized carbons (Fsp3) is 0.0952. The molecule has 0 bridgehead atoms. The number of hydrogen-bond acceptors (Lipinski definition) is 4. The molecule has 0 fully saturated rings. The zero-order chi connectivity index (χ0) is 19.9. The third-order valence-electron chi connectivity index (χ3n) is 4.01. The van der Waals surface area contributed by atoms with Crippen LogP contribution in [0.2, 0.25) is 0 Å². The molecule has 28 heavy (non-hydrogen) atoms. The van der Waals surface area contributed by atoms with E-state index in [9.17, 15) is 14.9 Å². The molecule has 0 aliphatic rings. The van der Waals surface area contributed by atoms with Gasteiger partial charge in [0.25, 0.3) is 11.6 Å². The number of carbonyl (C=O) groups is 1. The van der Waals surface area contributed by atoms with E-state index in [1.54, 1.807) is 24.3 Å². The van der Waals surface area contributed by atoms with E-state index in [2.05, 4.69) is 15.9 Å². The highest BCUT2D eigenvalue weighted by atomic mass is 79.9. The van der Waals surface area contributed by atoms with Crippen molar-refractivity contribution in [3.63, 3.8) is 0 Å². The van der Waals surface area contributed by atoms with Crippen LogP contribution < -0.4 is 9.64 Å². The number of nitro benzene ring substituents is 1. The number of rotatable bonds is 7. The number of carbonyl (C=O) groups excluding carboxylic acids is 1. The Balaban J connectivity index is 1.82. The summed E-state index contributed by atoms with van der Waals surface area (Å²) in [5.41, 5.74) is 1.28. The minimum atomic E-state index is -0.479. The van der Waals surface area contributed by atoms with Crippen molar-refractivity contribution in [2.75, 3.05) is 11.5 Å². The Morgan fingerprint density at radius 2 is 1.71 bits per heavy atom. The fourth-order valence-corrected chi connectivity index (χ4v) is 2.88. The third kappa shape index (κ3) is 5.17. The summed E-state index contributed by atoms with van der Waals surface area (Å²) >= 11 is 3.35. The van der Waals surface area contributed by atoms with E-state index in [1.807, 2.05) is 42.5 Å². The molecule has 3 aromatic carbocycles. The first-order valence-electron chi connectivity index (χ1n) is 8.50. The molecule has 0 spiro atoms. The molecular formula is C21H17BrN2O4. The summed E-state index contributed by atoms with van der Waals surface area (Å²) in [5, 5.41) is 11.1. The van der Waals surface area contributed by atoms with Gasteiger partial charge in [0, 0.05) is 16.6 Å². The predicted octanol–water partition coefficient (Wildman–Crippen LogP) is 4.97. The van der Waals surface area contributed by atoms with Crippen molar-refractivity contribution in [3.05, 3.63) is 99.0 Å². The van der Waals surface area contributed by atoms with E-state index in [4.69, 9.17) is 4.74 Å². The number of nitro groups is 1. The molecule has 0 aromatic heterocycles. The molecule has 0 saturated carbocycles. The number of hydrogen-bond donors (Lipinski definition) is 0. The largest absolute Gasteiger partial charge is 0.484 e. The van der Waals surface area contributed by atoms with Crippen LogP contribution in [-0.2, 0) is 11.3 Å². The summed E-state index contributed by atoms with van der Waals surface area (Å²) in [7, 11) is 0. The predicted molar refractivity (Wildman–Crippen MR) is 110 cm³/mol. The third-order valence-corrected chi connectivity index (χ3v) is 4.54. The Morgan fingerprint density at radius 1 is 1.00 bits per heavy atom. The quantitative estimate of drug-likeness (QED) is 0.384. The maximum Gasteiger partial charge on any atom is 0.271 e. The molecule has 0 N–H and O–H groups in total. The van der Waals surface area contributed by atoms with Crippen LogP contribution >= 0.6 is 15.9 Å². The van der Waals surface area contributed by atoms with Gasteiger partial charge in [-0.1, -0.05) is 52.3 Å². The lowest BCUT2D eigenvalue weighted by Crippen LogP contribution is -2.34. The van der Waals surface area contributed by atoms with Crippen LogP contribution in [0.1, 0.15) is 5.56 Å². The monoisotopic (exact) mass is 440 g/mol. The molecule has 6 nitrogen and oxygen atoms in total. The molecule has 0 saturated heterocycles. The average molecular weight is 441 g/mol. The molecule has 7 heteroatoms. The highest BCUT2D eigenvalue weighted by Crippen LogP contribution is 2.23. The molecule has 0 aliphatic carbocycles. The maximum atomic E-state index is 12.9. The van der Waals surface area contributed by atoms with Gasteiger partial charge in [-0.25, -0.2) is 0 Å². The SMILES string of the molecule is O=C(COc1ccc(Br)cc1)N(Cc1ccccc1)c1cccc([N+](=O)[O-])c1. The van der Waals surface area contributed by atoms with Crippen LogP contribution in [-0.4, -0.2) is 17.4 Å².